The molecule has 4 nitrogen and oxygen atoms in total. The number of nitrogens with zero attached hydrogens (tertiary/aromatic N) is 1. The van der Waals surface area contributed by atoms with Crippen molar-refractivity contribution in [2.24, 2.45) is 0 Å². The van der Waals surface area contributed by atoms with Crippen LogP contribution >= 0.6 is 11.8 Å². The van der Waals surface area contributed by atoms with Crippen molar-refractivity contribution in [2.45, 2.75) is 12.5 Å². The molecule has 1 aliphatic heterocycles. The van der Waals surface area contributed by atoms with Gasteiger partial charge in [0.25, 0.3) is 0 Å². The van der Waals surface area contributed by atoms with Crippen LogP contribution in [0, 0.1) is 0 Å². The van der Waals surface area contributed by atoms with Gasteiger partial charge in [-0.2, -0.15) is 11.8 Å². The second-order valence-electron chi connectivity index (χ2n) is 3.44. The molecule has 0 radical (unpaired) electrons. The van der Waals surface area contributed by atoms with Gasteiger partial charge in [-0.1, -0.05) is 0 Å². The number of hydrogen-bond donors (Lipinski definition) is 2. The molecule has 0 amide bonds. The second-order valence-corrected chi connectivity index (χ2v) is 4.59. The average Bonchev–Trinajstić information content (AvgIpc) is 2.71. The summed E-state index contributed by atoms with van der Waals surface area (Å²) in [5, 5.41) is 12.1. The standard InChI is InChI=1S/C10H12N2O2S/c13-10(14)7-1-3-11-9(5-7)12-8-2-4-15-6-8/h1,3,5,8H,2,4,6H2,(H,11,12)(H,13,14). The summed E-state index contributed by atoms with van der Waals surface area (Å²) in [6, 6.07) is 3.49. The number of rotatable bonds is 3. The van der Waals surface area contributed by atoms with Gasteiger partial charge >= 0.3 is 5.97 Å². The molecule has 0 aromatic carbocycles. The van der Waals surface area contributed by atoms with Crippen molar-refractivity contribution in [3.8, 4) is 0 Å². The van der Waals surface area contributed by atoms with Gasteiger partial charge in [0.1, 0.15) is 5.82 Å². The SMILES string of the molecule is O=C(O)c1ccnc(NC2CCSC2)c1. The van der Waals surface area contributed by atoms with E-state index in [9.17, 15) is 4.79 Å². The highest BCUT2D eigenvalue weighted by molar-refractivity contribution is 7.99. The van der Waals surface area contributed by atoms with Gasteiger partial charge in [-0.25, -0.2) is 9.78 Å². The van der Waals surface area contributed by atoms with Gasteiger partial charge in [0, 0.05) is 18.0 Å². The molecule has 2 heterocycles. The fourth-order valence-electron chi connectivity index (χ4n) is 1.50. The summed E-state index contributed by atoms with van der Waals surface area (Å²) in [6.45, 7) is 0. The Morgan fingerprint density at radius 1 is 1.67 bits per heavy atom. The van der Waals surface area contributed by atoms with Crippen LogP contribution in [0.3, 0.4) is 0 Å². The predicted octanol–water partition coefficient (Wildman–Crippen LogP) is 1.70. The molecule has 0 aliphatic carbocycles. The lowest BCUT2D eigenvalue weighted by atomic mass is 10.2. The van der Waals surface area contributed by atoms with Gasteiger partial charge in [0.2, 0.25) is 0 Å². The maximum atomic E-state index is 10.7. The molecule has 5 heteroatoms. The predicted molar refractivity (Wildman–Crippen MR) is 60.5 cm³/mol. The first kappa shape index (κ1) is 10.3. The van der Waals surface area contributed by atoms with Crippen molar-refractivity contribution < 1.29 is 9.90 Å². The van der Waals surface area contributed by atoms with Crippen LogP contribution in [0.2, 0.25) is 0 Å². The van der Waals surface area contributed by atoms with E-state index in [0.717, 1.165) is 17.9 Å². The molecule has 0 spiro atoms. The van der Waals surface area contributed by atoms with E-state index in [1.54, 1.807) is 6.07 Å². The number of carboxylic acids is 1. The van der Waals surface area contributed by atoms with E-state index in [0.29, 0.717) is 11.9 Å². The van der Waals surface area contributed by atoms with Crippen molar-refractivity contribution in [2.75, 3.05) is 16.8 Å². The third-order valence-electron chi connectivity index (χ3n) is 2.29. The van der Waals surface area contributed by atoms with Crippen LogP contribution in [0.5, 0.6) is 0 Å². The third kappa shape index (κ3) is 2.62. The van der Waals surface area contributed by atoms with Gasteiger partial charge in [-0.05, 0) is 24.3 Å². The minimum absolute atomic E-state index is 0.276. The molecular weight excluding hydrogens is 212 g/mol. The van der Waals surface area contributed by atoms with Gasteiger partial charge in [-0.15, -0.1) is 0 Å². The van der Waals surface area contributed by atoms with E-state index >= 15 is 0 Å². The summed E-state index contributed by atoms with van der Waals surface area (Å²) in [7, 11) is 0. The number of nitrogens with one attached hydrogen (secondary N) is 1. The lowest BCUT2D eigenvalue weighted by molar-refractivity contribution is 0.0697. The molecule has 1 saturated heterocycles. The highest BCUT2D eigenvalue weighted by Crippen LogP contribution is 2.20. The van der Waals surface area contributed by atoms with Crippen LogP contribution in [-0.2, 0) is 0 Å². The van der Waals surface area contributed by atoms with Gasteiger partial charge in [0.15, 0.2) is 0 Å². The summed E-state index contributed by atoms with van der Waals surface area (Å²) in [4.78, 5) is 14.8. The summed E-state index contributed by atoms with van der Waals surface area (Å²) < 4.78 is 0. The zero-order chi connectivity index (χ0) is 10.7. The zero-order valence-corrected chi connectivity index (χ0v) is 8.96. The quantitative estimate of drug-likeness (QED) is 0.818. The Balaban J connectivity index is 2.07. The molecule has 1 aromatic rings. The highest BCUT2D eigenvalue weighted by atomic mass is 32.2. The van der Waals surface area contributed by atoms with Crippen molar-refractivity contribution in [1.29, 1.82) is 0 Å². The Morgan fingerprint density at radius 2 is 2.53 bits per heavy atom. The first-order valence-corrected chi connectivity index (χ1v) is 5.95. The minimum Gasteiger partial charge on any atom is -0.478 e. The summed E-state index contributed by atoms with van der Waals surface area (Å²) in [6.07, 6.45) is 2.64. The molecule has 0 saturated carbocycles. The Kier molecular flexibility index (Phi) is 3.11. The lowest BCUT2D eigenvalue weighted by Gasteiger charge is -2.11. The number of aromatic carboxylic acids is 1. The molecule has 2 N–H and O–H groups in total. The van der Waals surface area contributed by atoms with Crippen LogP contribution in [0.4, 0.5) is 5.82 Å². The molecule has 0 bridgehead atoms. The molecule has 1 atom stereocenters. The number of anilines is 1. The Bertz CT molecular complexity index is 364. The van der Waals surface area contributed by atoms with Crippen LogP contribution in [-0.4, -0.2) is 33.6 Å². The van der Waals surface area contributed by atoms with E-state index in [-0.39, 0.29) is 5.56 Å². The molecule has 1 aliphatic rings. The van der Waals surface area contributed by atoms with Crippen LogP contribution < -0.4 is 5.32 Å². The van der Waals surface area contributed by atoms with E-state index in [1.165, 1.54) is 12.3 Å². The molecule has 2 rings (SSSR count). The van der Waals surface area contributed by atoms with Crippen LogP contribution in [0.25, 0.3) is 0 Å². The Labute approximate surface area is 92.1 Å². The molecule has 1 fully saturated rings. The number of carbonyl (C=O) groups is 1. The number of aromatic nitrogens is 1. The van der Waals surface area contributed by atoms with Crippen LogP contribution in [0.15, 0.2) is 18.3 Å². The third-order valence-corrected chi connectivity index (χ3v) is 3.45. The lowest BCUT2D eigenvalue weighted by Crippen LogP contribution is -2.19. The summed E-state index contributed by atoms with van der Waals surface area (Å²) in [5.41, 5.74) is 0.276. The molecule has 80 valence electrons. The maximum absolute atomic E-state index is 10.7. The van der Waals surface area contributed by atoms with E-state index in [2.05, 4.69) is 10.3 Å². The monoisotopic (exact) mass is 224 g/mol. The minimum atomic E-state index is -0.916. The van der Waals surface area contributed by atoms with Gasteiger partial charge in [-0.3, -0.25) is 0 Å². The number of thioether (sulfide) groups is 1. The first-order chi connectivity index (χ1) is 7.25. The van der Waals surface area contributed by atoms with Gasteiger partial charge < -0.3 is 10.4 Å². The fourth-order valence-corrected chi connectivity index (χ4v) is 2.65. The Hall–Kier alpha value is -1.23. The normalized spacial score (nSPS) is 20.1. The van der Waals surface area contributed by atoms with Crippen molar-refractivity contribution in [3.05, 3.63) is 23.9 Å². The maximum Gasteiger partial charge on any atom is 0.335 e. The summed E-state index contributed by atoms with van der Waals surface area (Å²) in [5.74, 6) is 1.97. The molecular formula is C10H12N2O2S. The van der Waals surface area contributed by atoms with E-state index in [4.69, 9.17) is 5.11 Å². The zero-order valence-electron chi connectivity index (χ0n) is 8.14. The molecule has 15 heavy (non-hydrogen) atoms. The van der Waals surface area contributed by atoms with Crippen molar-refractivity contribution >= 4 is 23.5 Å². The fraction of sp³-hybridized carbons (Fsp3) is 0.400. The topological polar surface area (TPSA) is 62.2 Å². The molecule has 1 unspecified atom stereocenters. The van der Waals surface area contributed by atoms with Crippen LogP contribution in [0.1, 0.15) is 16.8 Å². The van der Waals surface area contributed by atoms with E-state index in [1.807, 2.05) is 11.8 Å². The second kappa shape index (κ2) is 4.53. The Morgan fingerprint density at radius 3 is 3.20 bits per heavy atom. The van der Waals surface area contributed by atoms with Gasteiger partial charge in [0.05, 0.1) is 5.56 Å². The van der Waals surface area contributed by atoms with Crippen molar-refractivity contribution in [3.63, 3.8) is 0 Å². The molecule has 1 aromatic heterocycles. The number of pyridine rings is 1. The number of carboxylic acid groups (broad SMARTS) is 1. The smallest absolute Gasteiger partial charge is 0.335 e. The van der Waals surface area contributed by atoms with Crippen molar-refractivity contribution in [1.82, 2.24) is 4.98 Å². The number of hydrogen-bond acceptors (Lipinski definition) is 4. The summed E-state index contributed by atoms with van der Waals surface area (Å²) >= 11 is 1.91. The first-order valence-electron chi connectivity index (χ1n) is 4.79. The average molecular weight is 224 g/mol. The highest BCUT2D eigenvalue weighted by Gasteiger charge is 2.15. The largest absolute Gasteiger partial charge is 0.478 e. The van der Waals surface area contributed by atoms with E-state index < -0.39 is 5.97 Å².